The maximum atomic E-state index is 13.2. The van der Waals surface area contributed by atoms with Crippen LogP contribution in [0.4, 0.5) is 9.18 Å². The van der Waals surface area contributed by atoms with Crippen molar-refractivity contribution in [3.8, 4) is 11.5 Å². The number of likely N-dealkylation sites (tertiary alicyclic amines) is 1. The third-order valence-corrected chi connectivity index (χ3v) is 6.03. The second kappa shape index (κ2) is 8.14. The van der Waals surface area contributed by atoms with E-state index < -0.39 is 0 Å². The number of halogens is 1. The molecule has 0 saturated carbocycles. The van der Waals surface area contributed by atoms with Crippen LogP contribution >= 0.6 is 0 Å². The number of carbonyl (C=O) groups is 1. The molecule has 2 fully saturated rings. The number of benzene rings is 2. The summed E-state index contributed by atoms with van der Waals surface area (Å²) >= 11 is 0. The minimum atomic E-state index is -0.347. The Morgan fingerprint density at radius 1 is 1.00 bits per heavy atom. The molecular formula is C23H25FN2O4. The summed E-state index contributed by atoms with van der Waals surface area (Å²) in [5.74, 6) is 1.28. The zero-order chi connectivity index (χ0) is 20.5. The van der Waals surface area contributed by atoms with E-state index in [9.17, 15) is 9.18 Å². The first-order chi connectivity index (χ1) is 14.7. The average Bonchev–Trinajstić information content (AvgIpc) is 3.16. The number of hydrogen-bond acceptors (Lipinski definition) is 5. The first-order valence-corrected chi connectivity index (χ1v) is 10.5. The van der Waals surface area contributed by atoms with Gasteiger partial charge in [0, 0.05) is 19.1 Å². The number of carbonyl (C=O) groups excluding carboxylic acids is 1. The molecule has 0 spiro atoms. The summed E-state index contributed by atoms with van der Waals surface area (Å²) in [5.41, 5.74) is 0.825. The Balaban J connectivity index is 1.19. The van der Waals surface area contributed by atoms with E-state index in [2.05, 4.69) is 4.90 Å². The van der Waals surface area contributed by atoms with Gasteiger partial charge in [-0.1, -0.05) is 24.3 Å². The Morgan fingerprint density at radius 3 is 2.63 bits per heavy atom. The highest BCUT2D eigenvalue weighted by Gasteiger charge is 2.39. The van der Waals surface area contributed by atoms with Gasteiger partial charge in [0.25, 0.3) is 0 Å². The summed E-state index contributed by atoms with van der Waals surface area (Å²) in [6, 6.07) is 14.0. The van der Waals surface area contributed by atoms with E-state index >= 15 is 0 Å². The molecule has 3 atom stereocenters. The highest BCUT2D eigenvalue weighted by atomic mass is 19.1. The van der Waals surface area contributed by atoms with E-state index in [1.165, 1.54) is 12.1 Å². The minimum Gasteiger partial charge on any atom is -0.486 e. The topological polar surface area (TPSA) is 51.2 Å². The van der Waals surface area contributed by atoms with Crippen molar-refractivity contribution in [2.24, 2.45) is 0 Å². The maximum Gasteiger partial charge on any atom is 0.410 e. The lowest BCUT2D eigenvalue weighted by atomic mass is 10.0. The monoisotopic (exact) mass is 412 g/mol. The van der Waals surface area contributed by atoms with E-state index in [4.69, 9.17) is 14.2 Å². The fourth-order valence-electron chi connectivity index (χ4n) is 4.52. The molecule has 0 radical (unpaired) electrons. The Kier molecular flexibility index (Phi) is 5.21. The zero-order valence-corrected chi connectivity index (χ0v) is 16.7. The number of hydrogen-bond donors (Lipinski definition) is 0. The molecule has 30 heavy (non-hydrogen) atoms. The fraction of sp³-hybridized carbons (Fsp3) is 0.435. The zero-order valence-electron chi connectivity index (χ0n) is 16.7. The molecule has 1 unspecified atom stereocenters. The summed E-state index contributed by atoms with van der Waals surface area (Å²) in [5, 5.41) is 0. The molecule has 3 heterocycles. The standard InChI is InChI=1S/C23H25FN2O4/c24-17-9-7-16(8-10-17)22-14-26(23(27)30-22)18-4-3-11-25(12-18)13-19-15-28-20-5-1-2-6-21(20)29-19/h1-2,5-10,18-19,22H,3-4,11-15H2/t18-,19-,22?/m0/s1. The SMILES string of the molecule is O=C1OC(c2ccc(F)cc2)CN1[C@H]1CCCN(C[C@H]2COc3ccccc3O2)C1. The van der Waals surface area contributed by atoms with Crippen LogP contribution in [-0.4, -0.2) is 60.8 Å². The van der Waals surface area contributed by atoms with E-state index in [1.54, 1.807) is 12.1 Å². The average molecular weight is 412 g/mol. The molecule has 5 rings (SSSR count). The van der Waals surface area contributed by atoms with E-state index in [0.717, 1.165) is 49.5 Å². The lowest BCUT2D eigenvalue weighted by molar-refractivity contribution is 0.0394. The van der Waals surface area contributed by atoms with Crippen molar-refractivity contribution in [1.82, 2.24) is 9.80 Å². The molecule has 7 heteroatoms. The number of nitrogens with zero attached hydrogens (tertiary/aromatic N) is 2. The van der Waals surface area contributed by atoms with Crippen molar-refractivity contribution in [2.75, 3.05) is 32.8 Å². The summed E-state index contributed by atoms with van der Waals surface area (Å²) in [6.07, 6.45) is 1.30. The Bertz CT molecular complexity index is 906. The highest BCUT2D eigenvalue weighted by molar-refractivity contribution is 5.70. The van der Waals surface area contributed by atoms with Crippen molar-refractivity contribution in [3.05, 3.63) is 59.9 Å². The van der Waals surface area contributed by atoms with Gasteiger partial charge in [-0.15, -0.1) is 0 Å². The molecule has 1 amide bonds. The van der Waals surface area contributed by atoms with Crippen molar-refractivity contribution in [2.45, 2.75) is 31.1 Å². The highest BCUT2D eigenvalue weighted by Crippen LogP contribution is 2.32. The van der Waals surface area contributed by atoms with Gasteiger partial charge in [-0.25, -0.2) is 9.18 Å². The molecule has 3 aliphatic heterocycles. The number of rotatable bonds is 4. The largest absolute Gasteiger partial charge is 0.486 e. The van der Waals surface area contributed by atoms with Gasteiger partial charge in [0.2, 0.25) is 0 Å². The van der Waals surface area contributed by atoms with Crippen LogP contribution in [0.3, 0.4) is 0 Å². The van der Waals surface area contributed by atoms with Crippen LogP contribution in [0, 0.1) is 5.82 Å². The van der Waals surface area contributed by atoms with Crippen molar-refractivity contribution >= 4 is 6.09 Å². The van der Waals surface area contributed by atoms with Gasteiger partial charge in [0.1, 0.15) is 24.6 Å². The predicted octanol–water partition coefficient (Wildman–Crippen LogP) is 3.62. The summed E-state index contributed by atoms with van der Waals surface area (Å²) < 4.78 is 30.7. The van der Waals surface area contributed by atoms with Gasteiger partial charge in [0.15, 0.2) is 11.5 Å². The predicted molar refractivity (Wildman–Crippen MR) is 108 cm³/mol. The van der Waals surface area contributed by atoms with Crippen LogP contribution in [0.5, 0.6) is 11.5 Å². The van der Waals surface area contributed by atoms with Crippen LogP contribution in [0.15, 0.2) is 48.5 Å². The molecule has 2 saturated heterocycles. The smallest absolute Gasteiger partial charge is 0.410 e. The molecular weight excluding hydrogens is 387 g/mol. The van der Waals surface area contributed by atoms with Gasteiger partial charge in [-0.2, -0.15) is 0 Å². The fourth-order valence-corrected chi connectivity index (χ4v) is 4.52. The van der Waals surface area contributed by atoms with Crippen LogP contribution in [0.25, 0.3) is 0 Å². The van der Waals surface area contributed by atoms with E-state index in [0.29, 0.717) is 13.2 Å². The van der Waals surface area contributed by atoms with Crippen LogP contribution in [0.1, 0.15) is 24.5 Å². The normalized spacial score (nSPS) is 26.5. The van der Waals surface area contributed by atoms with Crippen LogP contribution in [0.2, 0.25) is 0 Å². The quantitative estimate of drug-likeness (QED) is 0.768. The number of amides is 1. The molecule has 158 valence electrons. The summed E-state index contributed by atoms with van der Waals surface area (Å²) in [6.45, 7) is 3.54. The van der Waals surface area contributed by atoms with Gasteiger partial charge in [0.05, 0.1) is 6.54 Å². The third-order valence-electron chi connectivity index (χ3n) is 6.03. The van der Waals surface area contributed by atoms with Crippen molar-refractivity contribution in [3.63, 3.8) is 0 Å². The number of para-hydroxylation sites is 2. The molecule has 3 aliphatic rings. The Morgan fingerprint density at radius 2 is 1.80 bits per heavy atom. The first-order valence-electron chi connectivity index (χ1n) is 10.5. The lowest BCUT2D eigenvalue weighted by Crippen LogP contribution is -2.51. The maximum absolute atomic E-state index is 13.2. The van der Waals surface area contributed by atoms with E-state index in [1.807, 2.05) is 29.2 Å². The Labute approximate surface area is 175 Å². The van der Waals surface area contributed by atoms with Crippen LogP contribution < -0.4 is 9.47 Å². The third kappa shape index (κ3) is 3.94. The van der Waals surface area contributed by atoms with Crippen LogP contribution in [-0.2, 0) is 4.74 Å². The van der Waals surface area contributed by atoms with Gasteiger partial charge in [-0.05, 0) is 49.2 Å². The van der Waals surface area contributed by atoms with Gasteiger partial charge >= 0.3 is 6.09 Å². The van der Waals surface area contributed by atoms with Gasteiger partial charge < -0.3 is 14.2 Å². The first kappa shape index (κ1) is 19.2. The lowest BCUT2D eigenvalue weighted by Gasteiger charge is -2.38. The van der Waals surface area contributed by atoms with E-state index in [-0.39, 0.29) is 30.2 Å². The molecule has 0 bridgehead atoms. The number of piperidine rings is 1. The molecule has 0 N–H and O–H groups in total. The molecule has 6 nitrogen and oxygen atoms in total. The number of ether oxygens (including phenoxy) is 3. The second-order valence-electron chi connectivity index (χ2n) is 8.13. The Hall–Kier alpha value is -2.80. The van der Waals surface area contributed by atoms with Gasteiger partial charge in [-0.3, -0.25) is 9.80 Å². The summed E-state index contributed by atoms with van der Waals surface area (Å²) in [4.78, 5) is 16.7. The summed E-state index contributed by atoms with van der Waals surface area (Å²) in [7, 11) is 0. The molecule has 0 aliphatic carbocycles. The number of cyclic esters (lactones) is 1. The second-order valence-corrected chi connectivity index (χ2v) is 8.13. The van der Waals surface area contributed by atoms with Crippen molar-refractivity contribution < 1.29 is 23.4 Å². The molecule has 2 aromatic carbocycles. The molecule has 0 aromatic heterocycles. The van der Waals surface area contributed by atoms with Crippen molar-refractivity contribution in [1.29, 1.82) is 0 Å². The minimum absolute atomic E-state index is 0.0313. The number of fused-ring (bicyclic) bond motifs is 1. The molecule has 2 aromatic rings.